The Morgan fingerprint density at radius 3 is 2.75 bits per heavy atom. The van der Waals surface area contributed by atoms with E-state index in [1.54, 1.807) is 10.9 Å². The van der Waals surface area contributed by atoms with Crippen molar-refractivity contribution >= 4 is 17.5 Å². The van der Waals surface area contributed by atoms with Gasteiger partial charge in [-0.05, 0) is 24.5 Å². The van der Waals surface area contributed by atoms with Gasteiger partial charge < -0.3 is 4.90 Å². The minimum atomic E-state index is -0.0343. The summed E-state index contributed by atoms with van der Waals surface area (Å²) in [5.74, 6) is -0.0343. The Kier molecular flexibility index (Phi) is 3.69. The quantitative estimate of drug-likeness (QED) is 0.871. The van der Waals surface area contributed by atoms with Crippen LogP contribution in [0.15, 0.2) is 30.5 Å². The Morgan fingerprint density at radius 2 is 2.00 bits per heavy atom. The van der Waals surface area contributed by atoms with Gasteiger partial charge in [-0.2, -0.15) is 0 Å². The summed E-state index contributed by atoms with van der Waals surface area (Å²) in [6.07, 6.45) is 3.82. The number of halogens is 1. The van der Waals surface area contributed by atoms with Crippen molar-refractivity contribution in [2.75, 3.05) is 13.1 Å². The van der Waals surface area contributed by atoms with Crippen molar-refractivity contribution in [3.8, 4) is 0 Å². The van der Waals surface area contributed by atoms with Crippen molar-refractivity contribution in [2.45, 2.75) is 19.4 Å². The number of carbonyl (C=O) groups excluding carboxylic acids is 1. The number of hydrogen-bond donors (Lipinski definition) is 0. The van der Waals surface area contributed by atoms with Crippen molar-refractivity contribution < 1.29 is 4.79 Å². The summed E-state index contributed by atoms with van der Waals surface area (Å²) < 4.78 is 1.64. The van der Waals surface area contributed by atoms with Crippen LogP contribution >= 0.6 is 11.6 Å². The number of aromatic nitrogens is 3. The average molecular weight is 291 g/mol. The summed E-state index contributed by atoms with van der Waals surface area (Å²) in [4.78, 5) is 14.0. The molecule has 20 heavy (non-hydrogen) atoms. The lowest BCUT2D eigenvalue weighted by Crippen LogP contribution is -2.27. The molecule has 0 N–H and O–H groups in total. The molecule has 3 rings (SSSR count). The molecule has 1 aliphatic rings. The van der Waals surface area contributed by atoms with Gasteiger partial charge in [0.1, 0.15) is 0 Å². The lowest BCUT2D eigenvalue weighted by atomic mass is 10.2. The van der Waals surface area contributed by atoms with Crippen LogP contribution in [0.2, 0.25) is 5.02 Å². The predicted molar refractivity (Wildman–Crippen MR) is 75.7 cm³/mol. The minimum Gasteiger partial charge on any atom is -0.337 e. The molecule has 6 heteroatoms. The van der Waals surface area contributed by atoms with Gasteiger partial charge in [-0.1, -0.05) is 35.0 Å². The molecule has 1 aliphatic heterocycles. The molecule has 0 spiro atoms. The SMILES string of the molecule is O=C(c1cn(Cc2ccccc2Cl)nn1)N1CCCC1. The van der Waals surface area contributed by atoms with Crippen LogP contribution in [0.25, 0.3) is 0 Å². The van der Waals surface area contributed by atoms with E-state index >= 15 is 0 Å². The molecule has 104 valence electrons. The van der Waals surface area contributed by atoms with E-state index in [4.69, 9.17) is 11.6 Å². The molecule has 1 aromatic heterocycles. The lowest BCUT2D eigenvalue weighted by Gasteiger charge is -2.12. The fourth-order valence-corrected chi connectivity index (χ4v) is 2.55. The molecular formula is C14H15ClN4O. The van der Waals surface area contributed by atoms with Gasteiger partial charge in [0.2, 0.25) is 0 Å². The molecule has 0 bridgehead atoms. The van der Waals surface area contributed by atoms with Crippen molar-refractivity contribution in [1.29, 1.82) is 0 Å². The summed E-state index contributed by atoms with van der Waals surface area (Å²) in [6.45, 7) is 2.15. The van der Waals surface area contributed by atoms with Crippen LogP contribution in [-0.4, -0.2) is 38.9 Å². The second-order valence-corrected chi connectivity index (χ2v) is 5.30. The second kappa shape index (κ2) is 5.63. The van der Waals surface area contributed by atoms with Gasteiger partial charge in [0.05, 0.1) is 12.7 Å². The maximum absolute atomic E-state index is 12.2. The van der Waals surface area contributed by atoms with E-state index in [0.29, 0.717) is 17.3 Å². The zero-order chi connectivity index (χ0) is 13.9. The monoisotopic (exact) mass is 290 g/mol. The molecule has 0 aliphatic carbocycles. The summed E-state index contributed by atoms with van der Waals surface area (Å²) >= 11 is 6.11. The number of likely N-dealkylation sites (tertiary alicyclic amines) is 1. The van der Waals surface area contributed by atoms with Crippen LogP contribution < -0.4 is 0 Å². The number of amides is 1. The van der Waals surface area contributed by atoms with Gasteiger partial charge in [-0.15, -0.1) is 5.10 Å². The van der Waals surface area contributed by atoms with E-state index in [0.717, 1.165) is 31.5 Å². The fourth-order valence-electron chi connectivity index (χ4n) is 2.36. The normalized spacial score (nSPS) is 14.8. The van der Waals surface area contributed by atoms with Gasteiger partial charge in [0.15, 0.2) is 5.69 Å². The molecule has 2 heterocycles. The first kappa shape index (κ1) is 13.1. The van der Waals surface area contributed by atoms with Crippen molar-refractivity contribution in [2.24, 2.45) is 0 Å². The first-order chi connectivity index (χ1) is 9.74. The van der Waals surface area contributed by atoms with Crippen molar-refractivity contribution in [3.63, 3.8) is 0 Å². The molecule has 1 aromatic carbocycles. The summed E-state index contributed by atoms with van der Waals surface area (Å²) in [6, 6.07) is 7.58. The predicted octanol–water partition coefficient (Wildman–Crippen LogP) is 2.22. The average Bonchev–Trinajstić information content (AvgIpc) is 3.12. The summed E-state index contributed by atoms with van der Waals surface area (Å²) in [5, 5.41) is 8.66. The molecule has 5 nitrogen and oxygen atoms in total. The highest BCUT2D eigenvalue weighted by atomic mass is 35.5. The van der Waals surface area contributed by atoms with Crippen LogP contribution in [0.4, 0.5) is 0 Å². The Hall–Kier alpha value is -1.88. The Balaban J connectivity index is 1.73. The third-order valence-corrected chi connectivity index (χ3v) is 3.81. The first-order valence-electron chi connectivity index (χ1n) is 6.67. The zero-order valence-corrected chi connectivity index (χ0v) is 11.8. The molecule has 1 amide bonds. The number of nitrogens with zero attached hydrogens (tertiary/aromatic N) is 4. The number of benzene rings is 1. The van der Waals surface area contributed by atoms with Gasteiger partial charge in [-0.25, -0.2) is 4.68 Å². The molecular weight excluding hydrogens is 276 g/mol. The van der Waals surface area contributed by atoms with E-state index in [9.17, 15) is 4.79 Å². The third kappa shape index (κ3) is 2.67. The van der Waals surface area contributed by atoms with Crippen LogP contribution in [0, 0.1) is 0 Å². The lowest BCUT2D eigenvalue weighted by molar-refractivity contribution is 0.0787. The fraction of sp³-hybridized carbons (Fsp3) is 0.357. The highest BCUT2D eigenvalue weighted by molar-refractivity contribution is 6.31. The molecule has 1 saturated heterocycles. The van der Waals surface area contributed by atoms with Crippen LogP contribution in [-0.2, 0) is 6.54 Å². The zero-order valence-electron chi connectivity index (χ0n) is 11.0. The standard InChI is InChI=1S/C14H15ClN4O/c15-12-6-2-1-5-11(12)9-19-10-13(16-17-19)14(20)18-7-3-4-8-18/h1-2,5-6,10H,3-4,7-9H2. The van der Waals surface area contributed by atoms with Gasteiger partial charge >= 0.3 is 0 Å². The van der Waals surface area contributed by atoms with Gasteiger partial charge in [0.25, 0.3) is 5.91 Å². The third-order valence-electron chi connectivity index (χ3n) is 3.44. The molecule has 0 saturated carbocycles. The summed E-state index contributed by atoms with van der Waals surface area (Å²) in [7, 11) is 0. The van der Waals surface area contributed by atoms with Crippen LogP contribution in [0.5, 0.6) is 0 Å². The highest BCUT2D eigenvalue weighted by Gasteiger charge is 2.22. The minimum absolute atomic E-state index is 0.0343. The molecule has 0 atom stereocenters. The van der Waals surface area contributed by atoms with E-state index in [2.05, 4.69) is 10.3 Å². The van der Waals surface area contributed by atoms with Crippen molar-refractivity contribution in [1.82, 2.24) is 19.9 Å². The Bertz CT molecular complexity index is 619. The van der Waals surface area contributed by atoms with Crippen LogP contribution in [0.3, 0.4) is 0 Å². The van der Waals surface area contributed by atoms with Gasteiger partial charge in [0, 0.05) is 18.1 Å². The Labute approximate surface area is 122 Å². The van der Waals surface area contributed by atoms with E-state index in [-0.39, 0.29) is 5.91 Å². The van der Waals surface area contributed by atoms with Crippen LogP contribution in [0.1, 0.15) is 28.9 Å². The highest BCUT2D eigenvalue weighted by Crippen LogP contribution is 2.16. The van der Waals surface area contributed by atoms with Crippen molar-refractivity contribution in [3.05, 3.63) is 46.7 Å². The topological polar surface area (TPSA) is 51.0 Å². The number of rotatable bonds is 3. The van der Waals surface area contributed by atoms with E-state index in [1.165, 1.54) is 0 Å². The molecule has 1 fully saturated rings. The second-order valence-electron chi connectivity index (χ2n) is 4.89. The van der Waals surface area contributed by atoms with E-state index < -0.39 is 0 Å². The van der Waals surface area contributed by atoms with E-state index in [1.807, 2.05) is 29.2 Å². The maximum Gasteiger partial charge on any atom is 0.276 e. The largest absolute Gasteiger partial charge is 0.337 e. The molecule has 0 unspecified atom stereocenters. The molecule has 2 aromatic rings. The first-order valence-corrected chi connectivity index (χ1v) is 7.04. The molecule has 0 radical (unpaired) electrons. The Morgan fingerprint density at radius 1 is 1.25 bits per heavy atom. The van der Waals surface area contributed by atoms with Gasteiger partial charge in [-0.3, -0.25) is 4.79 Å². The summed E-state index contributed by atoms with van der Waals surface area (Å²) in [5.41, 5.74) is 1.36. The smallest absolute Gasteiger partial charge is 0.276 e. The maximum atomic E-state index is 12.2. The number of hydrogen-bond acceptors (Lipinski definition) is 3. The number of carbonyl (C=O) groups is 1.